The monoisotopic (exact) mass is 339 g/mol. The van der Waals surface area contributed by atoms with Crippen LogP contribution in [0.4, 0.5) is 0 Å². The fraction of sp³-hybridized carbons (Fsp3) is 0.214. The predicted octanol–water partition coefficient (Wildman–Crippen LogP) is 2.29. The molecular weight excluding hydrogens is 326 g/mol. The highest BCUT2D eigenvalue weighted by Gasteiger charge is 2.11. The first-order chi connectivity index (χ1) is 10.3. The lowest BCUT2D eigenvalue weighted by Crippen LogP contribution is -2.18. The normalized spacial score (nSPS) is 11.4. The number of nitriles is 1. The Balaban J connectivity index is 2.18. The van der Waals surface area contributed by atoms with E-state index in [1.165, 1.54) is 0 Å². The molecule has 0 aliphatic carbocycles. The van der Waals surface area contributed by atoms with Crippen LogP contribution in [0.15, 0.2) is 30.3 Å². The summed E-state index contributed by atoms with van der Waals surface area (Å²) < 4.78 is 27.9. The van der Waals surface area contributed by atoms with E-state index in [1.54, 1.807) is 10.6 Å². The number of hydrogen-bond donors (Lipinski definition) is 1. The molecule has 1 heterocycles. The molecule has 0 bridgehead atoms. The van der Waals surface area contributed by atoms with Crippen LogP contribution in [0.3, 0.4) is 0 Å². The molecule has 0 radical (unpaired) electrons. The van der Waals surface area contributed by atoms with Crippen LogP contribution in [0.1, 0.15) is 17.0 Å². The van der Waals surface area contributed by atoms with Gasteiger partial charge in [-0.15, -0.1) is 0 Å². The Hall–Kier alpha value is -1.85. The van der Waals surface area contributed by atoms with E-state index >= 15 is 0 Å². The standard InChI is InChI=1S/C14H14ClN3O3S/c1-10-14(15)7-13(8-16)18(10)12-5-3-11(4-6-12)9-17-21-22(2,19)20/h3-7,17H,9H2,1-2H3. The van der Waals surface area contributed by atoms with Crippen molar-refractivity contribution in [3.63, 3.8) is 0 Å². The molecule has 0 saturated carbocycles. The van der Waals surface area contributed by atoms with Crippen molar-refractivity contribution in [3.05, 3.63) is 52.3 Å². The zero-order valence-corrected chi connectivity index (χ0v) is 13.6. The highest BCUT2D eigenvalue weighted by Crippen LogP contribution is 2.24. The van der Waals surface area contributed by atoms with Gasteiger partial charge in [0.2, 0.25) is 0 Å². The quantitative estimate of drug-likeness (QED) is 0.845. The molecule has 8 heteroatoms. The van der Waals surface area contributed by atoms with E-state index in [9.17, 15) is 8.42 Å². The van der Waals surface area contributed by atoms with Crippen LogP contribution in [-0.4, -0.2) is 19.2 Å². The molecule has 0 aliphatic heterocycles. The van der Waals surface area contributed by atoms with Gasteiger partial charge in [-0.25, -0.2) is 0 Å². The molecule has 0 atom stereocenters. The minimum Gasteiger partial charge on any atom is -0.304 e. The van der Waals surface area contributed by atoms with E-state index in [0.717, 1.165) is 23.2 Å². The molecule has 0 amide bonds. The van der Waals surface area contributed by atoms with Crippen molar-refractivity contribution in [1.29, 1.82) is 5.26 Å². The minimum atomic E-state index is -3.52. The molecule has 6 nitrogen and oxygen atoms in total. The summed E-state index contributed by atoms with van der Waals surface area (Å²) in [7, 11) is -3.52. The van der Waals surface area contributed by atoms with Crippen molar-refractivity contribution in [2.24, 2.45) is 0 Å². The van der Waals surface area contributed by atoms with E-state index in [2.05, 4.69) is 15.8 Å². The van der Waals surface area contributed by atoms with Crippen molar-refractivity contribution in [2.45, 2.75) is 13.5 Å². The Morgan fingerprint density at radius 3 is 2.55 bits per heavy atom. The lowest BCUT2D eigenvalue weighted by Gasteiger charge is -2.09. The van der Waals surface area contributed by atoms with Crippen LogP contribution >= 0.6 is 11.6 Å². The topological polar surface area (TPSA) is 84.1 Å². The number of nitrogens with zero attached hydrogens (tertiary/aromatic N) is 2. The molecule has 2 rings (SSSR count). The van der Waals surface area contributed by atoms with Crippen LogP contribution in [-0.2, 0) is 20.9 Å². The summed E-state index contributed by atoms with van der Waals surface area (Å²) in [5.74, 6) is 0. The van der Waals surface area contributed by atoms with Crippen molar-refractivity contribution in [1.82, 2.24) is 10.0 Å². The van der Waals surface area contributed by atoms with Crippen molar-refractivity contribution >= 4 is 21.7 Å². The Morgan fingerprint density at radius 1 is 1.36 bits per heavy atom. The van der Waals surface area contributed by atoms with Gasteiger partial charge in [0, 0.05) is 17.9 Å². The fourth-order valence-corrected chi connectivity index (χ4v) is 2.44. The van der Waals surface area contributed by atoms with Crippen molar-refractivity contribution < 1.29 is 12.7 Å². The van der Waals surface area contributed by atoms with E-state index < -0.39 is 10.1 Å². The molecule has 2 aromatic rings. The lowest BCUT2D eigenvalue weighted by molar-refractivity contribution is 0.201. The van der Waals surface area contributed by atoms with Gasteiger partial charge in [0.05, 0.1) is 11.3 Å². The highest BCUT2D eigenvalue weighted by molar-refractivity contribution is 7.85. The first kappa shape index (κ1) is 16.5. The molecule has 0 unspecified atom stereocenters. The van der Waals surface area contributed by atoms with E-state index in [4.69, 9.17) is 16.9 Å². The maximum Gasteiger partial charge on any atom is 0.280 e. The van der Waals surface area contributed by atoms with Crippen LogP contribution in [0.2, 0.25) is 5.02 Å². The van der Waals surface area contributed by atoms with Crippen LogP contribution < -0.4 is 5.48 Å². The van der Waals surface area contributed by atoms with Gasteiger partial charge < -0.3 is 4.57 Å². The summed E-state index contributed by atoms with van der Waals surface area (Å²) in [4.78, 5) is 0. The van der Waals surface area contributed by atoms with Gasteiger partial charge in [-0.2, -0.15) is 23.4 Å². The second-order valence-corrected chi connectivity index (χ2v) is 6.67. The number of benzene rings is 1. The highest BCUT2D eigenvalue weighted by atomic mass is 35.5. The molecule has 0 saturated heterocycles. The van der Waals surface area contributed by atoms with Gasteiger partial charge >= 0.3 is 0 Å². The summed E-state index contributed by atoms with van der Waals surface area (Å²) in [5.41, 5.74) is 5.24. The maximum atomic E-state index is 10.8. The van der Waals surface area contributed by atoms with Gasteiger partial charge in [-0.1, -0.05) is 23.7 Å². The first-order valence-corrected chi connectivity index (χ1v) is 8.50. The largest absolute Gasteiger partial charge is 0.304 e. The zero-order valence-electron chi connectivity index (χ0n) is 12.0. The molecule has 116 valence electrons. The van der Waals surface area contributed by atoms with Crippen LogP contribution in [0.25, 0.3) is 5.69 Å². The Morgan fingerprint density at radius 2 is 2.00 bits per heavy atom. The fourth-order valence-electron chi connectivity index (χ4n) is 1.97. The molecule has 0 spiro atoms. The van der Waals surface area contributed by atoms with Gasteiger partial charge in [-0.3, -0.25) is 0 Å². The summed E-state index contributed by atoms with van der Waals surface area (Å²) in [6.07, 6.45) is 0.963. The number of aromatic nitrogens is 1. The maximum absolute atomic E-state index is 10.8. The Kier molecular flexibility index (Phi) is 4.88. The molecular formula is C14H14ClN3O3S. The third-order valence-corrected chi connectivity index (χ3v) is 3.78. The molecule has 1 aromatic carbocycles. The number of hydroxylamine groups is 1. The molecule has 1 aromatic heterocycles. The van der Waals surface area contributed by atoms with Crippen LogP contribution in [0, 0.1) is 18.3 Å². The second-order valence-electron chi connectivity index (χ2n) is 4.69. The summed E-state index contributed by atoms with van der Waals surface area (Å²) >= 11 is 6.05. The number of halogens is 1. The summed E-state index contributed by atoms with van der Waals surface area (Å²) in [6, 6.07) is 11.0. The second kappa shape index (κ2) is 6.50. The van der Waals surface area contributed by atoms with Gasteiger partial charge in [0.15, 0.2) is 0 Å². The predicted molar refractivity (Wildman–Crippen MR) is 83.0 cm³/mol. The third-order valence-electron chi connectivity index (χ3n) is 2.98. The summed E-state index contributed by atoms with van der Waals surface area (Å²) in [6.45, 7) is 2.07. The molecule has 0 fully saturated rings. The average molecular weight is 340 g/mol. The van der Waals surface area contributed by atoms with E-state index in [0.29, 0.717) is 10.7 Å². The van der Waals surface area contributed by atoms with Crippen molar-refractivity contribution in [3.8, 4) is 11.8 Å². The molecule has 22 heavy (non-hydrogen) atoms. The summed E-state index contributed by atoms with van der Waals surface area (Å²) in [5, 5.41) is 9.68. The van der Waals surface area contributed by atoms with E-state index in [-0.39, 0.29) is 6.54 Å². The minimum absolute atomic E-state index is 0.240. The van der Waals surface area contributed by atoms with E-state index in [1.807, 2.05) is 31.2 Å². The van der Waals surface area contributed by atoms with Gasteiger partial charge in [-0.05, 0) is 30.7 Å². The Labute approximate surface area is 134 Å². The average Bonchev–Trinajstić information content (AvgIpc) is 2.74. The van der Waals surface area contributed by atoms with Gasteiger partial charge in [0.25, 0.3) is 10.1 Å². The third kappa shape index (κ3) is 3.87. The number of rotatable bonds is 5. The lowest BCUT2D eigenvalue weighted by atomic mass is 10.2. The Bertz CT molecular complexity index is 820. The first-order valence-electron chi connectivity index (χ1n) is 6.30. The number of hydrogen-bond acceptors (Lipinski definition) is 5. The van der Waals surface area contributed by atoms with Gasteiger partial charge in [0.1, 0.15) is 11.8 Å². The van der Waals surface area contributed by atoms with Crippen LogP contribution in [0.5, 0.6) is 0 Å². The van der Waals surface area contributed by atoms with Crippen molar-refractivity contribution in [2.75, 3.05) is 6.26 Å². The SMILES string of the molecule is Cc1c(Cl)cc(C#N)n1-c1ccc(CNOS(C)(=O)=O)cc1. The molecule has 1 N–H and O–H groups in total. The molecule has 0 aliphatic rings. The smallest absolute Gasteiger partial charge is 0.280 e. The number of nitrogens with one attached hydrogen (secondary N) is 1. The zero-order chi connectivity index (χ0) is 16.3.